The second kappa shape index (κ2) is 5.34. The molecular weight excluding hydrogens is 284 g/mol. The van der Waals surface area contributed by atoms with Crippen LogP contribution in [0.4, 0.5) is 8.78 Å². The standard InChI is InChI=1S/C10H10BrF2NO2/c1-3-16-10(15)6-4-7(11)8(9(12)13)14-5(6)2/h4,9H,3H2,1-2H3. The number of carbonyl (C=O) groups excluding carboxylic acids is 1. The van der Waals surface area contributed by atoms with Gasteiger partial charge in [0.05, 0.1) is 17.9 Å². The third-order valence-corrected chi connectivity index (χ3v) is 2.53. The maximum Gasteiger partial charge on any atom is 0.340 e. The van der Waals surface area contributed by atoms with Gasteiger partial charge in [-0.25, -0.2) is 13.6 Å². The lowest BCUT2D eigenvalue weighted by Gasteiger charge is -2.08. The first-order valence-electron chi connectivity index (χ1n) is 4.59. The molecule has 0 atom stereocenters. The van der Waals surface area contributed by atoms with Crippen LogP contribution in [0.5, 0.6) is 0 Å². The molecule has 0 bridgehead atoms. The summed E-state index contributed by atoms with van der Waals surface area (Å²) in [6.45, 7) is 3.39. The minimum atomic E-state index is -2.68. The Balaban J connectivity index is 3.15. The molecule has 0 aliphatic rings. The average Bonchev–Trinajstić information content (AvgIpc) is 2.20. The van der Waals surface area contributed by atoms with Crippen LogP contribution in [0.2, 0.25) is 0 Å². The van der Waals surface area contributed by atoms with Crippen molar-refractivity contribution >= 4 is 21.9 Å². The maximum atomic E-state index is 12.5. The van der Waals surface area contributed by atoms with Gasteiger partial charge in [-0.3, -0.25) is 4.98 Å². The fourth-order valence-corrected chi connectivity index (χ4v) is 1.66. The van der Waals surface area contributed by atoms with Crippen LogP contribution in [0.1, 0.15) is 35.1 Å². The van der Waals surface area contributed by atoms with Crippen LogP contribution in [0.25, 0.3) is 0 Å². The first-order chi connectivity index (χ1) is 7.47. The number of halogens is 3. The summed E-state index contributed by atoms with van der Waals surface area (Å²) >= 11 is 2.95. The lowest BCUT2D eigenvalue weighted by Crippen LogP contribution is -2.09. The highest BCUT2D eigenvalue weighted by atomic mass is 79.9. The number of rotatable bonds is 3. The number of hydrogen-bond acceptors (Lipinski definition) is 3. The molecule has 0 radical (unpaired) electrons. The SMILES string of the molecule is CCOC(=O)c1cc(Br)c(C(F)F)nc1C. The van der Waals surface area contributed by atoms with E-state index in [1.165, 1.54) is 13.0 Å². The van der Waals surface area contributed by atoms with E-state index in [2.05, 4.69) is 20.9 Å². The molecule has 1 aromatic heterocycles. The minimum absolute atomic E-state index is 0.108. The summed E-state index contributed by atoms with van der Waals surface area (Å²) in [6, 6.07) is 1.31. The third kappa shape index (κ3) is 2.75. The number of esters is 1. The molecule has 6 heteroatoms. The van der Waals surface area contributed by atoms with E-state index in [9.17, 15) is 13.6 Å². The normalized spacial score (nSPS) is 10.6. The van der Waals surface area contributed by atoms with Crippen molar-refractivity contribution in [3.8, 4) is 0 Å². The van der Waals surface area contributed by atoms with E-state index < -0.39 is 12.4 Å². The molecule has 88 valence electrons. The number of carbonyl (C=O) groups is 1. The van der Waals surface area contributed by atoms with Crippen LogP contribution >= 0.6 is 15.9 Å². The van der Waals surface area contributed by atoms with Crippen LogP contribution in [0.15, 0.2) is 10.5 Å². The molecule has 0 aromatic carbocycles. The monoisotopic (exact) mass is 293 g/mol. The zero-order valence-electron chi connectivity index (χ0n) is 8.76. The van der Waals surface area contributed by atoms with E-state index in [0.29, 0.717) is 0 Å². The van der Waals surface area contributed by atoms with Crippen LogP contribution in [0, 0.1) is 6.92 Å². The quantitative estimate of drug-likeness (QED) is 0.803. The van der Waals surface area contributed by atoms with Crippen LogP contribution in [-0.4, -0.2) is 17.6 Å². The zero-order valence-corrected chi connectivity index (χ0v) is 10.3. The van der Waals surface area contributed by atoms with Gasteiger partial charge in [-0.2, -0.15) is 0 Å². The smallest absolute Gasteiger partial charge is 0.340 e. The number of aryl methyl sites for hydroxylation is 1. The second-order valence-corrected chi connectivity index (χ2v) is 3.86. The Hall–Kier alpha value is -1.04. The van der Waals surface area contributed by atoms with Crippen LogP contribution in [-0.2, 0) is 4.74 Å². The average molecular weight is 294 g/mol. The van der Waals surface area contributed by atoms with Gasteiger partial charge in [0.1, 0.15) is 5.69 Å². The van der Waals surface area contributed by atoms with Gasteiger partial charge in [-0.15, -0.1) is 0 Å². The van der Waals surface area contributed by atoms with Gasteiger partial charge in [0.2, 0.25) is 0 Å². The minimum Gasteiger partial charge on any atom is -0.462 e. The summed E-state index contributed by atoms with van der Waals surface area (Å²) < 4.78 is 29.8. The fourth-order valence-electron chi connectivity index (χ4n) is 1.17. The summed E-state index contributed by atoms with van der Waals surface area (Å²) in [5.74, 6) is -0.561. The van der Waals surface area contributed by atoms with Gasteiger partial charge in [0.15, 0.2) is 0 Å². The Morgan fingerprint density at radius 3 is 2.75 bits per heavy atom. The molecular formula is C10H10BrF2NO2. The first-order valence-corrected chi connectivity index (χ1v) is 5.39. The molecule has 0 aliphatic carbocycles. The predicted octanol–water partition coefficient (Wildman–Crippen LogP) is 3.27. The van der Waals surface area contributed by atoms with E-state index in [-0.39, 0.29) is 28.0 Å². The molecule has 1 rings (SSSR count). The molecule has 3 nitrogen and oxygen atoms in total. The van der Waals surface area contributed by atoms with Gasteiger partial charge in [0, 0.05) is 4.47 Å². The van der Waals surface area contributed by atoms with E-state index in [1.54, 1.807) is 6.92 Å². The van der Waals surface area contributed by atoms with E-state index in [4.69, 9.17) is 4.74 Å². The summed E-state index contributed by atoms with van der Waals surface area (Å²) in [5, 5.41) is 0. The van der Waals surface area contributed by atoms with Crippen molar-refractivity contribution in [1.82, 2.24) is 4.98 Å². The molecule has 1 aromatic rings. The Bertz CT molecular complexity index is 410. The zero-order chi connectivity index (χ0) is 12.3. The van der Waals surface area contributed by atoms with Crippen molar-refractivity contribution in [2.24, 2.45) is 0 Å². The van der Waals surface area contributed by atoms with Crippen molar-refractivity contribution < 1.29 is 18.3 Å². The number of hydrogen-bond donors (Lipinski definition) is 0. The highest BCUT2D eigenvalue weighted by molar-refractivity contribution is 9.10. The molecule has 16 heavy (non-hydrogen) atoms. The number of alkyl halides is 2. The highest BCUT2D eigenvalue weighted by Crippen LogP contribution is 2.27. The van der Waals surface area contributed by atoms with Crippen LogP contribution < -0.4 is 0 Å². The van der Waals surface area contributed by atoms with E-state index in [1.807, 2.05) is 0 Å². The first kappa shape index (κ1) is 13.0. The molecule has 1 heterocycles. The van der Waals surface area contributed by atoms with Gasteiger partial charge in [-0.05, 0) is 35.8 Å². The van der Waals surface area contributed by atoms with Gasteiger partial charge in [0.25, 0.3) is 6.43 Å². The molecule has 0 unspecified atom stereocenters. The van der Waals surface area contributed by atoms with Gasteiger partial charge in [-0.1, -0.05) is 0 Å². The van der Waals surface area contributed by atoms with Crippen molar-refractivity contribution in [2.45, 2.75) is 20.3 Å². The lowest BCUT2D eigenvalue weighted by atomic mass is 10.2. The Morgan fingerprint density at radius 1 is 1.62 bits per heavy atom. The number of nitrogens with zero attached hydrogens (tertiary/aromatic N) is 1. The molecule has 0 fully saturated rings. The highest BCUT2D eigenvalue weighted by Gasteiger charge is 2.19. The number of pyridine rings is 1. The van der Waals surface area contributed by atoms with Crippen molar-refractivity contribution in [3.05, 3.63) is 27.5 Å². The largest absolute Gasteiger partial charge is 0.462 e. The van der Waals surface area contributed by atoms with Crippen molar-refractivity contribution in [3.63, 3.8) is 0 Å². The number of ether oxygens (including phenoxy) is 1. The summed E-state index contributed by atoms with van der Waals surface area (Å²) in [4.78, 5) is 15.1. The number of aromatic nitrogens is 1. The molecule has 0 aliphatic heterocycles. The topological polar surface area (TPSA) is 39.2 Å². The summed E-state index contributed by atoms with van der Waals surface area (Å²) in [5.41, 5.74) is 0.0561. The fraction of sp³-hybridized carbons (Fsp3) is 0.400. The molecule has 0 N–H and O–H groups in total. The summed E-state index contributed by atoms with van der Waals surface area (Å²) in [6.07, 6.45) is -2.68. The van der Waals surface area contributed by atoms with Gasteiger partial charge < -0.3 is 4.74 Å². The predicted molar refractivity (Wildman–Crippen MR) is 57.6 cm³/mol. The summed E-state index contributed by atoms with van der Waals surface area (Å²) in [7, 11) is 0. The Labute approximate surface area is 99.9 Å². The Morgan fingerprint density at radius 2 is 2.25 bits per heavy atom. The lowest BCUT2D eigenvalue weighted by molar-refractivity contribution is 0.0524. The van der Waals surface area contributed by atoms with Crippen molar-refractivity contribution in [1.29, 1.82) is 0 Å². The maximum absolute atomic E-state index is 12.5. The Kier molecular flexibility index (Phi) is 4.35. The molecule has 0 amide bonds. The van der Waals surface area contributed by atoms with Crippen LogP contribution in [0.3, 0.4) is 0 Å². The third-order valence-electron chi connectivity index (χ3n) is 1.90. The molecule has 0 saturated carbocycles. The van der Waals surface area contributed by atoms with E-state index in [0.717, 1.165) is 0 Å². The van der Waals surface area contributed by atoms with Crippen molar-refractivity contribution in [2.75, 3.05) is 6.61 Å². The van der Waals surface area contributed by atoms with Gasteiger partial charge >= 0.3 is 5.97 Å². The molecule has 0 saturated heterocycles. The van der Waals surface area contributed by atoms with E-state index >= 15 is 0 Å². The second-order valence-electron chi connectivity index (χ2n) is 3.01. The molecule has 0 spiro atoms.